The van der Waals surface area contributed by atoms with Gasteiger partial charge in [-0.15, -0.1) is 0 Å². The minimum Gasteiger partial charge on any atom is -0.544 e. The second kappa shape index (κ2) is 9.02. The van der Waals surface area contributed by atoms with Crippen molar-refractivity contribution in [2.24, 2.45) is 0 Å². The fourth-order valence-electron chi connectivity index (χ4n) is 3.23. The summed E-state index contributed by atoms with van der Waals surface area (Å²) < 4.78 is 19.2. The first kappa shape index (κ1) is 25.7. The van der Waals surface area contributed by atoms with Crippen LogP contribution in [-0.2, 0) is 0 Å². The van der Waals surface area contributed by atoms with Crippen molar-refractivity contribution < 1.29 is 13.6 Å². The van der Waals surface area contributed by atoms with E-state index in [0.717, 1.165) is 29.5 Å². The van der Waals surface area contributed by atoms with Crippen molar-refractivity contribution in [2.75, 3.05) is 18.5 Å². The highest BCUT2D eigenvalue weighted by Crippen LogP contribution is 2.40. The van der Waals surface area contributed by atoms with Gasteiger partial charge >= 0.3 is 0 Å². The summed E-state index contributed by atoms with van der Waals surface area (Å²) in [6.07, 6.45) is 0. The van der Waals surface area contributed by atoms with Crippen LogP contribution in [-0.4, -0.2) is 29.8 Å². The van der Waals surface area contributed by atoms with Crippen molar-refractivity contribution in [1.82, 2.24) is 0 Å². The van der Waals surface area contributed by atoms with Crippen LogP contribution in [0.2, 0.25) is 36.3 Å². The highest BCUT2D eigenvalue weighted by atomic mass is 28.4. The first-order chi connectivity index (χ1) is 15.1. The van der Waals surface area contributed by atoms with Crippen LogP contribution >= 0.6 is 0 Å². The highest BCUT2D eigenvalue weighted by Gasteiger charge is 2.40. The Balaban J connectivity index is 1.69. The highest BCUT2D eigenvalue weighted by molar-refractivity contribution is 6.75. The van der Waals surface area contributed by atoms with Gasteiger partial charge in [0, 0.05) is 18.5 Å². The fourth-order valence-corrected chi connectivity index (χ4v) is 5.29. The molecule has 4 nitrogen and oxygen atoms in total. The summed E-state index contributed by atoms with van der Waals surface area (Å²) in [6.45, 7) is 24.1. The van der Waals surface area contributed by atoms with Crippen molar-refractivity contribution in [1.29, 1.82) is 0 Å². The number of hydrogen-bond donors (Lipinski definition) is 1. The second-order valence-electron chi connectivity index (χ2n) is 12.3. The molecule has 0 spiro atoms. The Morgan fingerprint density at radius 3 is 1.85 bits per heavy atom. The van der Waals surface area contributed by atoms with Gasteiger partial charge in [0.1, 0.15) is 17.2 Å². The Bertz CT molecular complexity index is 957. The van der Waals surface area contributed by atoms with Crippen LogP contribution in [0.4, 0.5) is 5.69 Å². The summed E-state index contributed by atoms with van der Waals surface area (Å²) in [4.78, 5) is 0. The van der Waals surface area contributed by atoms with Gasteiger partial charge in [0.15, 0.2) is 0 Å². The molecule has 0 aliphatic carbocycles. The van der Waals surface area contributed by atoms with Crippen LogP contribution in [0.3, 0.4) is 0 Å². The van der Waals surface area contributed by atoms with Crippen LogP contribution in [0.5, 0.6) is 17.2 Å². The molecule has 1 N–H and O–H groups in total. The van der Waals surface area contributed by atoms with E-state index in [0.29, 0.717) is 6.61 Å². The average Bonchev–Trinajstić information content (AvgIpc) is 2.88. The molecule has 1 aliphatic rings. The Morgan fingerprint density at radius 2 is 1.30 bits per heavy atom. The van der Waals surface area contributed by atoms with Crippen LogP contribution in [0.1, 0.15) is 53.0 Å². The van der Waals surface area contributed by atoms with Gasteiger partial charge < -0.3 is 18.9 Å². The third-order valence-corrected chi connectivity index (χ3v) is 16.4. The van der Waals surface area contributed by atoms with Gasteiger partial charge in [0.05, 0.1) is 12.3 Å². The number of hydrogen-bond acceptors (Lipinski definition) is 4. The van der Waals surface area contributed by atoms with Gasteiger partial charge in [-0.3, -0.25) is 0 Å². The normalized spacial score (nSPS) is 17.3. The number of fused-ring (bicyclic) bond motifs is 1. The maximum absolute atomic E-state index is 6.48. The predicted molar refractivity (Wildman–Crippen MR) is 145 cm³/mol. The topological polar surface area (TPSA) is 39.7 Å². The zero-order valence-electron chi connectivity index (χ0n) is 22.3. The third-order valence-electron chi connectivity index (χ3n) is 7.64. The summed E-state index contributed by atoms with van der Waals surface area (Å²) in [5, 5.41) is 3.91. The van der Waals surface area contributed by atoms with E-state index >= 15 is 0 Å². The number of benzene rings is 2. The molecule has 0 saturated heterocycles. The Morgan fingerprint density at radius 1 is 0.788 bits per heavy atom. The lowest BCUT2D eigenvalue weighted by Gasteiger charge is -2.36. The summed E-state index contributed by atoms with van der Waals surface area (Å²) in [7, 11) is -3.72. The molecule has 0 radical (unpaired) electrons. The molecule has 0 amide bonds. The molecule has 1 aliphatic heterocycles. The van der Waals surface area contributed by atoms with E-state index in [2.05, 4.69) is 109 Å². The molecule has 0 saturated carbocycles. The zero-order valence-corrected chi connectivity index (χ0v) is 24.3. The molecule has 182 valence electrons. The Kier molecular flexibility index (Phi) is 7.03. The molecule has 1 heterocycles. The number of ether oxygens (including phenoxy) is 1. The monoisotopic (exact) mass is 485 g/mol. The standard InChI is InChI=1S/C27H43NO3Si2/c1-26(2,3)32(7,8)30-22-13-11-20(12-14-22)21-18-28-24-16-15-23(17-25(24)29-19-21)31-33(9,10)27(4,5)6/h11-17,21,28H,18-19H2,1-10H3. The first-order valence-electron chi connectivity index (χ1n) is 12.1. The summed E-state index contributed by atoms with van der Waals surface area (Å²) in [6, 6.07) is 14.8. The summed E-state index contributed by atoms with van der Waals surface area (Å²) in [5.74, 6) is 2.99. The molecule has 6 heteroatoms. The van der Waals surface area contributed by atoms with Crippen LogP contribution in [0, 0.1) is 0 Å². The molecule has 1 unspecified atom stereocenters. The van der Waals surface area contributed by atoms with Crippen molar-refractivity contribution in [3.63, 3.8) is 0 Å². The molecule has 2 aromatic rings. The van der Waals surface area contributed by atoms with E-state index in [9.17, 15) is 0 Å². The molecular formula is C27H43NO3Si2. The molecule has 1 atom stereocenters. The molecule has 0 bridgehead atoms. The van der Waals surface area contributed by atoms with E-state index in [1.54, 1.807) is 0 Å². The molecular weight excluding hydrogens is 442 g/mol. The summed E-state index contributed by atoms with van der Waals surface area (Å²) >= 11 is 0. The van der Waals surface area contributed by atoms with Gasteiger partial charge in [-0.2, -0.15) is 0 Å². The maximum Gasteiger partial charge on any atom is 0.250 e. The fraction of sp³-hybridized carbons (Fsp3) is 0.556. The molecule has 0 aromatic heterocycles. The van der Waals surface area contributed by atoms with Gasteiger partial charge in [0.2, 0.25) is 16.6 Å². The lowest BCUT2D eigenvalue weighted by molar-refractivity contribution is 0.300. The number of anilines is 1. The predicted octanol–water partition coefficient (Wildman–Crippen LogP) is 8.04. The van der Waals surface area contributed by atoms with Crippen molar-refractivity contribution >= 4 is 22.3 Å². The number of nitrogens with one attached hydrogen (secondary N) is 1. The maximum atomic E-state index is 6.48. The quantitative estimate of drug-likeness (QED) is 0.435. The average molecular weight is 486 g/mol. The Hall–Kier alpha value is -1.93. The van der Waals surface area contributed by atoms with E-state index in [-0.39, 0.29) is 16.0 Å². The van der Waals surface area contributed by atoms with E-state index < -0.39 is 16.6 Å². The zero-order chi connectivity index (χ0) is 24.7. The largest absolute Gasteiger partial charge is 0.544 e. The van der Waals surface area contributed by atoms with Crippen molar-refractivity contribution in [2.45, 2.75) is 83.7 Å². The minimum atomic E-state index is -1.89. The molecule has 33 heavy (non-hydrogen) atoms. The van der Waals surface area contributed by atoms with E-state index in [1.807, 2.05) is 6.07 Å². The van der Waals surface area contributed by atoms with Gasteiger partial charge in [0.25, 0.3) is 0 Å². The lowest BCUT2D eigenvalue weighted by Crippen LogP contribution is -2.43. The van der Waals surface area contributed by atoms with E-state index in [1.165, 1.54) is 5.56 Å². The number of rotatable bonds is 5. The first-order valence-corrected chi connectivity index (χ1v) is 17.9. The smallest absolute Gasteiger partial charge is 0.250 e. The minimum absolute atomic E-state index is 0.157. The van der Waals surface area contributed by atoms with E-state index in [4.69, 9.17) is 13.6 Å². The van der Waals surface area contributed by atoms with Crippen molar-refractivity contribution in [3.05, 3.63) is 48.0 Å². The lowest BCUT2D eigenvalue weighted by atomic mass is 10.00. The molecule has 2 aromatic carbocycles. The van der Waals surface area contributed by atoms with Crippen LogP contribution in [0.25, 0.3) is 0 Å². The molecule has 3 rings (SSSR count). The molecule has 0 fully saturated rings. The Labute approximate surface area is 203 Å². The van der Waals surface area contributed by atoms with Gasteiger partial charge in [-0.1, -0.05) is 53.7 Å². The van der Waals surface area contributed by atoms with Crippen molar-refractivity contribution in [3.8, 4) is 17.2 Å². The third kappa shape index (κ3) is 5.96. The second-order valence-corrected chi connectivity index (χ2v) is 21.8. The van der Waals surface area contributed by atoms with Gasteiger partial charge in [-0.25, -0.2) is 0 Å². The summed E-state index contributed by atoms with van der Waals surface area (Å²) in [5.41, 5.74) is 2.29. The van der Waals surface area contributed by atoms with Crippen LogP contribution in [0.15, 0.2) is 42.5 Å². The van der Waals surface area contributed by atoms with Crippen LogP contribution < -0.4 is 18.9 Å². The van der Waals surface area contributed by atoms with Gasteiger partial charge in [-0.05, 0) is 66.1 Å². The SMILES string of the molecule is CC(C)(C)[Si](C)(C)Oc1ccc(C2CNc3ccc(O[Si](C)(C)C(C)(C)C)cc3OC2)cc1.